The quantitative estimate of drug-likeness (QED) is 0.631. The molecule has 0 unspecified atom stereocenters. The van der Waals surface area contributed by atoms with Crippen LogP contribution in [0, 0.1) is 16.7 Å². The maximum Gasteiger partial charge on any atom is 0.253 e. The van der Waals surface area contributed by atoms with E-state index < -0.39 is 16.1 Å². The number of rotatable bonds is 6. The molecule has 3 aliphatic rings. The van der Waals surface area contributed by atoms with E-state index in [0.717, 1.165) is 30.4 Å². The number of hydrogen-bond donors (Lipinski definition) is 0. The molecular weight excluding hydrogens is 432 g/mol. The molecule has 5 nitrogen and oxygen atoms in total. The molecule has 33 heavy (non-hydrogen) atoms. The minimum Gasteiger partial charge on any atom is -0.284 e. The van der Waals surface area contributed by atoms with E-state index in [9.17, 15) is 13.2 Å². The summed E-state index contributed by atoms with van der Waals surface area (Å²) in [6, 6.07) is 19.4. The van der Waals surface area contributed by atoms with Crippen molar-refractivity contribution in [3.63, 3.8) is 0 Å². The largest absolute Gasteiger partial charge is 0.284 e. The highest BCUT2D eigenvalue weighted by Crippen LogP contribution is 2.70. The smallest absolute Gasteiger partial charge is 0.253 e. The Balaban J connectivity index is 1.45. The predicted octanol–water partition coefficient (Wildman–Crippen LogP) is 4.44. The van der Waals surface area contributed by atoms with Crippen molar-refractivity contribution in [3.8, 4) is 0 Å². The van der Waals surface area contributed by atoms with Gasteiger partial charge in [0.15, 0.2) is 0 Å². The Morgan fingerprint density at radius 1 is 1.03 bits per heavy atom. The third-order valence-electron chi connectivity index (χ3n) is 8.99. The molecular formula is C27H34N2O3S. The number of benzene rings is 2. The van der Waals surface area contributed by atoms with E-state index >= 15 is 0 Å². The van der Waals surface area contributed by atoms with Crippen molar-refractivity contribution in [2.45, 2.75) is 65.2 Å². The van der Waals surface area contributed by atoms with E-state index in [-0.39, 0.29) is 28.5 Å². The minimum absolute atomic E-state index is 0.0449. The highest BCUT2D eigenvalue weighted by Gasteiger charge is 2.72. The standard InChI is InChI=1S/C27H34N2O3S/c1-20(28(17-21-10-6-4-7-11-21)18-22-12-8-5-9-13-22)25(30)29-24-16-23-14-15-27(24,26(23,2)3)19-33(29,31)32/h4-13,20,23-24H,14-19H2,1-3H3/t20-,23-,24-,27-/m1/s1. The van der Waals surface area contributed by atoms with E-state index in [0.29, 0.717) is 19.0 Å². The van der Waals surface area contributed by atoms with Gasteiger partial charge in [0.2, 0.25) is 10.0 Å². The average molecular weight is 467 g/mol. The topological polar surface area (TPSA) is 57.7 Å². The Labute approximate surface area is 197 Å². The molecule has 1 heterocycles. The van der Waals surface area contributed by atoms with Crippen LogP contribution < -0.4 is 0 Å². The van der Waals surface area contributed by atoms with Crippen LogP contribution >= 0.6 is 0 Å². The van der Waals surface area contributed by atoms with Crippen LogP contribution in [0.1, 0.15) is 51.2 Å². The SMILES string of the molecule is C[C@H](C(=O)N1[C@@H]2C[C@H]3CC[C@]2(CS1(=O)=O)C3(C)C)N(Cc1ccccc1)Cc1ccccc1. The van der Waals surface area contributed by atoms with Crippen LogP contribution in [0.15, 0.2) is 60.7 Å². The lowest BCUT2D eigenvalue weighted by Gasteiger charge is -2.38. The summed E-state index contributed by atoms with van der Waals surface area (Å²) in [7, 11) is -3.63. The van der Waals surface area contributed by atoms with Gasteiger partial charge in [0, 0.05) is 18.5 Å². The molecule has 0 N–H and O–H groups in total. The number of carbonyl (C=O) groups excluding carboxylic acids is 1. The summed E-state index contributed by atoms with van der Waals surface area (Å²) in [5, 5.41) is 0. The number of hydrogen-bond acceptors (Lipinski definition) is 4. The van der Waals surface area contributed by atoms with Crippen LogP contribution in [0.2, 0.25) is 0 Å². The van der Waals surface area contributed by atoms with Crippen LogP contribution in [0.5, 0.6) is 0 Å². The molecule has 2 bridgehead atoms. The molecule has 4 atom stereocenters. The highest BCUT2D eigenvalue weighted by molar-refractivity contribution is 7.90. The third-order valence-corrected chi connectivity index (χ3v) is 10.9. The molecule has 2 saturated carbocycles. The van der Waals surface area contributed by atoms with Crippen molar-refractivity contribution >= 4 is 15.9 Å². The van der Waals surface area contributed by atoms with Gasteiger partial charge in [-0.05, 0) is 48.6 Å². The summed E-state index contributed by atoms with van der Waals surface area (Å²) in [5.41, 5.74) is 1.87. The molecule has 1 amide bonds. The molecule has 6 heteroatoms. The van der Waals surface area contributed by atoms with E-state index in [1.165, 1.54) is 4.31 Å². The summed E-state index contributed by atoms with van der Waals surface area (Å²) in [5.74, 6) is 0.338. The lowest BCUT2D eigenvalue weighted by atomic mass is 9.69. The van der Waals surface area contributed by atoms with E-state index in [1.54, 1.807) is 0 Å². The van der Waals surface area contributed by atoms with E-state index in [4.69, 9.17) is 0 Å². The van der Waals surface area contributed by atoms with Crippen LogP contribution in [-0.2, 0) is 27.9 Å². The molecule has 1 spiro atoms. The second kappa shape index (κ2) is 7.95. The zero-order valence-corrected chi connectivity index (χ0v) is 20.6. The first-order valence-corrected chi connectivity index (χ1v) is 13.6. The molecule has 1 aliphatic heterocycles. The third kappa shape index (κ3) is 3.53. The first kappa shape index (κ1) is 22.6. The molecule has 0 radical (unpaired) electrons. The van der Waals surface area contributed by atoms with Gasteiger partial charge in [-0.2, -0.15) is 0 Å². The fraction of sp³-hybridized carbons (Fsp3) is 0.519. The number of amides is 1. The number of nitrogens with zero attached hydrogens (tertiary/aromatic N) is 2. The van der Waals surface area contributed by atoms with Crippen LogP contribution in [-0.4, -0.2) is 41.4 Å². The average Bonchev–Trinajstić information content (AvgIpc) is 3.27. The van der Waals surface area contributed by atoms with Crippen molar-refractivity contribution in [1.82, 2.24) is 9.21 Å². The molecule has 0 aromatic heterocycles. The lowest BCUT2D eigenvalue weighted by Crippen LogP contribution is -2.51. The van der Waals surface area contributed by atoms with Crippen molar-refractivity contribution in [3.05, 3.63) is 71.8 Å². The van der Waals surface area contributed by atoms with Gasteiger partial charge in [-0.1, -0.05) is 74.5 Å². The molecule has 2 aliphatic carbocycles. The van der Waals surface area contributed by atoms with Crippen LogP contribution in [0.3, 0.4) is 0 Å². The molecule has 5 rings (SSSR count). The first-order chi connectivity index (χ1) is 15.7. The van der Waals surface area contributed by atoms with Crippen molar-refractivity contribution < 1.29 is 13.2 Å². The van der Waals surface area contributed by atoms with Gasteiger partial charge in [0.05, 0.1) is 17.8 Å². The minimum atomic E-state index is -3.63. The second-order valence-electron chi connectivity index (χ2n) is 10.8. The van der Waals surface area contributed by atoms with Crippen molar-refractivity contribution in [1.29, 1.82) is 0 Å². The summed E-state index contributed by atoms with van der Waals surface area (Å²) in [4.78, 5) is 16.0. The number of fused-ring (bicyclic) bond motifs is 1. The van der Waals surface area contributed by atoms with Crippen molar-refractivity contribution in [2.24, 2.45) is 16.7 Å². The monoisotopic (exact) mass is 466 g/mol. The van der Waals surface area contributed by atoms with Gasteiger partial charge >= 0.3 is 0 Å². The maximum atomic E-state index is 13.9. The van der Waals surface area contributed by atoms with Crippen LogP contribution in [0.25, 0.3) is 0 Å². The summed E-state index contributed by atoms with van der Waals surface area (Å²) < 4.78 is 28.2. The summed E-state index contributed by atoms with van der Waals surface area (Å²) in [6.45, 7) is 7.47. The first-order valence-electron chi connectivity index (χ1n) is 12.0. The fourth-order valence-corrected chi connectivity index (χ4v) is 9.49. The number of carbonyl (C=O) groups is 1. The Morgan fingerprint density at radius 3 is 2.09 bits per heavy atom. The fourth-order valence-electron chi connectivity index (χ4n) is 6.89. The van der Waals surface area contributed by atoms with Gasteiger partial charge in [-0.3, -0.25) is 9.69 Å². The predicted molar refractivity (Wildman–Crippen MR) is 130 cm³/mol. The van der Waals surface area contributed by atoms with Gasteiger partial charge < -0.3 is 0 Å². The van der Waals surface area contributed by atoms with Gasteiger partial charge in [-0.25, -0.2) is 12.7 Å². The normalized spacial score (nSPS) is 29.9. The van der Waals surface area contributed by atoms with Gasteiger partial charge in [0.25, 0.3) is 5.91 Å². The van der Waals surface area contributed by atoms with Crippen LogP contribution in [0.4, 0.5) is 0 Å². The summed E-state index contributed by atoms with van der Waals surface area (Å²) >= 11 is 0. The molecule has 1 saturated heterocycles. The zero-order chi connectivity index (χ0) is 23.4. The highest BCUT2D eigenvalue weighted by atomic mass is 32.2. The molecule has 2 aromatic rings. The Kier molecular flexibility index (Phi) is 5.44. The summed E-state index contributed by atoms with van der Waals surface area (Å²) in [6.07, 6.45) is 2.79. The van der Waals surface area contributed by atoms with Gasteiger partial charge in [0.1, 0.15) is 0 Å². The zero-order valence-electron chi connectivity index (χ0n) is 19.8. The van der Waals surface area contributed by atoms with E-state index in [1.807, 2.05) is 43.3 Å². The van der Waals surface area contributed by atoms with Crippen molar-refractivity contribution in [2.75, 3.05) is 5.75 Å². The Bertz CT molecular complexity index is 1090. The van der Waals surface area contributed by atoms with Gasteiger partial charge in [-0.15, -0.1) is 0 Å². The Morgan fingerprint density at radius 2 is 1.58 bits per heavy atom. The maximum absolute atomic E-state index is 13.9. The molecule has 3 fully saturated rings. The molecule has 2 aromatic carbocycles. The van der Waals surface area contributed by atoms with E-state index in [2.05, 4.69) is 43.0 Å². The number of sulfonamides is 1. The molecule has 176 valence electrons. The second-order valence-corrected chi connectivity index (χ2v) is 12.7. The lowest BCUT2D eigenvalue weighted by molar-refractivity contribution is -0.134. The Hall–Kier alpha value is -2.18.